The van der Waals surface area contributed by atoms with E-state index in [4.69, 9.17) is 4.74 Å². The summed E-state index contributed by atoms with van der Waals surface area (Å²) in [6.45, 7) is 7.36. The van der Waals surface area contributed by atoms with Crippen molar-refractivity contribution < 1.29 is 9.53 Å². The Morgan fingerprint density at radius 2 is 1.96 bits per heavy atom. The van der Waals surface area contributed by atoms with Crippen molar-refractivity contribution in [2.45, 2.75) is 45.1 Å². The largest absolute Gasteiger partial charge is 0.385 e. The van der Waals surface area contributed by atoms with Crippen molar-refractivity contribution in [2.75, 3.05) is 60.5 Å². The molecule has 0 bridgehead atoms. The molecule has 0 aromatic rings. The third kappa shape index (κ3) is 11.2. The van der Waals surface area contributed by atoms with Gasteiger partial charge in [0, 0.05) is 60.0 Å². The van der Waals surface area contributed by atoms with Crippen LogP contribution in [0, 0.1) is 0 Å². The van der Waals surface area contributed by atoms with E-state index < -0.39 is 0 Å². The van der Waals surface area contributed by atoms with Crippen LogP contribution >= 0.6 is 24.0 Å². The third-order valence-corrected chi connectivity index (χ3v) is 4.45. The number of nitrogens with zero attached hydrogens (tertiary/aromatic N) is 3. The van der Waals surface area contributed by atoms with Gasteiger partial charge < -0.3 is 25.2 Å². The predicted octanol–water partition coefficient (Wildman–Crippen LogP) is 1.53. The summed E-state index contributed by atoms with van der Waals surface area (Å²) in [5.74, 6) is 0.783. The molecular formula is C18H38IN5O2. The first-order chi connectivity index (χ1) is 12.1. The van der Waals surface area contributed by atoms with Crippen molar-refractivity contribution in [3.8, 4) is 0 Å². The predicted molar refractivity (Wildman–Crippen MR) is 118 cm³/mol. The van der Waals surface area contributed by atoms with Crippen molar-refractivity contribution in [1.82, 2.24) is 20.4 Å². The second-order valence-electron chi connectivity index (χ2n) is 6.84. The summed E-state index contributed by atoms with van der Waals surface area (Å²) in [7, 11) is 5.27. The van der Waals surface area contributed by atoms with Crippen LogP contribution in [0.3, 0.4) is 0 Å². The molecule has 7 nitrogen and oxygen atoms in total. The molecule has 1 fully saturated rings. The number of ether oxygens (including phenoxy) is 1. The molecule has 1 saturated heterocycles. The molecule has 0 aromatic heterocycles. The molecule has 0 unspecified atom stereocenters. The summed E-state index contributed by atoms with van der Waals surface area (Å²) in [6.07, 6.45) is 5.52. The van der Waals surface area contributed by atoms with E-state index in [0.717, 1.165) is 70.8 Å². The van der Waals surface area contributed by atoms with Crippen LogP contribution in [0.4, 0.5) is 0 Å². The molecule has 2 N–H and O–H groups in total. The lowest BCUT2D eigenvalue weighted by molar-refractivity contribution is -0.127. The summed E-state index contributed by atoms with van der Waals surface area (Å²) in [5.41, 5.74) is 0. The van der Waals surface area contributed by atoms with Gasteiger partial charge in [0.25, 0.3) is 0 Å². The van der Waals surface area contributed by atoms with Crippen LogP contribution in [0.15, 0.2) is 4.99 Å². The van der Waals surface area contributed by atoms with Gasteiger partial charge in [0.05, 0.1) is 0 Å². The summed E-state index contributed by atoms with van der Waals surface area (Å²) in [6, 6.07) is 0.418. The number of carbonyl (C=O) groups is 1. The maximum absolute atomic E-state index is 11.8. The molecule has 154 valence electrons. The number of amides is 1. The first kappa shape index (κ1) is 25.4. The lowest BCUT2D eigenvalue weighted by Crippen LogP contribution is -2.49. The third-order valence-electron chi connectivity index (χ3n) is 4.45. The molecule has 1 heterocycles. The quantitative estimate of drug-likeness (QED) is 0.214. The highest BCUT2D eigenvalue weighted by atomic mass is 127. The number of hydrogen-bond acceptors (Lipinski definition) is 4. The smallest absolute Gasteiger partial charge is 0.243 e. The summed E-state index contributed by atoms with van der Waals surface area (Å²) < 4.78 is 5.12. The number of guanidine groups is 1. The van der Waals surface area contributed by atoms with Crippen molar-refractivity contribution in [3.05, 3.63) is 0 Å². The molecule has 1 aliphatic heterocycles. The van der Waals surface area contributed by atoms with Crippen LogP contribution < -0.4 is 10.6 Å². The highest BCUT2D eigenvalue weighted by molar-refractivity contribution is 14.0. The topological polar surface area (TPSA) is 69.2 Å². The fourth-order valence-electron chi connectivity index (χ4n) is 2.75. The Kier molecular flexibility index (Phi) is 15.1. The molecular weight excluding hydrogens is 445 g/mol. The van der Waals surface area contributed by atoms with Crippen LogP contribution in [0.5, 0.6) is 0 Å². The second kappa shape index (κ2) is 15.4. The van der Waals surface area contributed by atoms with Crippen LogP contribution in [0.1, 0.15) is 39.0 Å². The number of likely N-dealkylation sites (tertiary alicyclic amines) is 1. The van der Waals surface area contributed by atoms with E-state index in [1.165, 1.54) is 0 Å². The number of rotatable bonds is 10. The van der Waals surface area contributed by atoms with Crippen molar-refractivity contribution in [1.29, 1.82) is 0 Å². The van der Waals surface area contributed by atoms with E-state index in [2.05, 4.69) is 27.4 Å². The number of unbranched alkanes of at least 4 members (excludes halogenated alkanes) is 1. The van der Waals surface area contributed by atoms with E-state index in [0.29, 0.717) is 6.04 Å². The Morgan fingerprint density at radius 3 is 2.54 bits per heavy atom. The Morgan fingerprint density at radius 1 is 1.27 bits per heavy atom. The van der Waals surface area contributed by atoms with Crippen molar-refractivity contribution >= 4 is 35.8 Å². The highest BCUT2D eigenvalue weighted by Gasteiger charge is 2.19. The Balaban J connectivity index is 0.00000625. The van der Waals surface area contributed by atoms with E-state index in [1.807, 2.05) is 0 Å². The summed E-state index contributed by atoms with van der Waals surface area (Å²) in [5, 5.41) is 6.87. The molecule has 1 amide bonds. The molecule has 8 heteroatoms. The zero-order valence-electron chi connectivity index (χ0n) is 16.9. The number of hydrogen-bond donors (Lipinski definition) is 2. The first-order valence-corrected chi connectivity index (χ1v) is 9.53. The lowest BCUT2D eigenvalue weighted by atomic mass is 10.1. The fraction of sp³-hybridized carbons (Fsp3) is 0.889. The minimum absolute atomic E-state index is 0. The molecule has 1 aliphatic rings. The Bertz CT molecular complexity index is 399. The normalized spacial score (nSPS) is 16.1. The van der Waals surface area contributed by atoms with Crippen molar-refractivity contribution in [3.63, 3.8) is 0 Å². The number of carbonyl (C=O) groups excluding carboxylic acids is 1. The maximum Gasteiger partial charge on any atom is 0.243 e. The maximum atomic E-state index is 11.8. The van der Waals surface area contributed by atoms with Gasteiger partial charge in [-0.05, 0) is 25.7 Å². The summed E-state index contributed by atoms with van der Waals surface area (Å²) >= 11 is 0. The van der Waals surface area contributed by atoms with Crippen LogP contribution in [0.25, 0.3) is 0 Å². The number of piperidine rings is 1. The number of likely N-dealkylation sites (N-methyl/N-ethyl adjacent to an activating group) is 1. The highest BCUT2D eigenvalue weighted by Crippen LogP contribution is 2.10. The zero-order chi connectivity index (χ0) is 18.5. The minimum atomic E-state index is 0. The fourth-order valence-corrected chi connectivity index (χ4v) is 2.75. The molecule has 26 heavy (non-hydrogen) atoms. The molecule has 0 radical (unpaired) electrons. The van der Waals surface area contributed by atoms with Gasteiger partial charge in [0.15, 0.2) is 5.96 Å². The molecule has 0 aliphatic carbocycles. The van der Waals surface area contributed by atoms with Crippen molar-refractivity contribution in [2.24, 2.45) is 4.99 Å². The average Bonchev–Trinajstić information content (AvgIpc) is 2.61. The van der Waals surface area contributed by atoms with Gasteiger partial charge in [-0.2, -0.15) is 0 Å². The number of methoxy groups -OCH3 is 1. The van der Waals surface area contributed by atoms with Crippen LogP contribution in [0.2, 0.25) is 0 Å². The second-order valence-corrected chi connectivity index (χ2v) is 6.84. The minimum Gasteiger partial charge on any atom is -0.385 e. The van der Waals surface area contributed by atoms with Crippen LogP contribution in [-0.4, -0.2) is 88.2 Å². The number of nitrogens with one attached hydrogen (secondary N) is 2. The van der Waals surface area contributed by atoms with Gasteiger partial charge in [-0.3, -0.25) is 4.79 Å². The molecule has 1 rings (SSSR count). The monoisotopic (exact) mass is 483 g/mol. The molecule has 0 atom stereocenters. The van der Waals surface area contributed by atoms with Crippen LogP contribution in [-0.2, 0) is 9.53 Å². The van der Waals surface area contributed by atoms with E-state index in [9.17, 15) is 4.79 Å². The Hall–Kier alpha value is -0.610. The zero-order valence-corrected chi connectivity index (χ0v) is 19.3. The molecule has 0 aromatic carbocycles. The first-order valence-electron chi connectivity index (χ1n) is 9.53. The number of halogens is 1. The van der Waals surface area contributed by atoms with E-state index >= 15 is 0 Å². The van der Waals surface area contributed by atoms with Gasteiger partial charge in [0.1, 0.15) is 6.54 Å². The Labute approximate surface area is 176 Å². The van der Waals surface area contributed by atoms with E-state index in [-0.39, 0.29) is 36.4 Å². The standard InChI is InChI=1S/C18H37N5O2.HI/c1-5-6-10-19-18(20-15-17(24)22(2)3)21-16-8-12-23(13-9-16)11-7-14-25-4;/h16H,5-15H2,1-4H3,(H2,19,20,21);1H. The number of aliphatic imine (C=N–C) groups is 1. The lowest BCUT2D eigenvalue weighted by Gasteiger charge is -2.33. The SMILES string of the molecule is CCCCNC(=NCC(=O)N(C)C)NC1CCN(CCCOC)CC1.I. The summed E-state index contributed by atoms with van der Waals surface area (Å²) in [4.78, 5) is 20.3. The molecule has 0 spiro atoms. The van der Waals surface area contributed by atoms with Gasteiger partial charge in [-0.15, -0.1) is 24.0 Å². The molecule has 0 saturated carbocycles. The van der Waals surface area contributed by atoms with Gasteiger partial charge in [0.2, 0.25) is 5.91 Å². The average molecular weight is 483 g/mol. The van der Waals surface area contributed by atoms with E-state index in [1.54, 1.807) is 26.1 Å². The van der Waals surface area contributed by atoms with Gasteiger partial charge in [-0.1, -0.05) is 13.3 Å². The van der Waals surface area contributed by atoms with Gasteiger partial charge >= 0.3 is 0 Å². The van der Waals surface area contributed by atoms with Gasteiger partial charge in [-0.25, -0.2) is 4.99 Å².